The molecule has 6 bridgehead atoms. The molecule has 9 atom stereocenters. The first-order chi connectivity index (χ1) is 25.3. The highest BCUT2D eigenvalue weighted by molar-refractivity contribution is 5.93. The number of likely N-dealkylation sites (tertiary alicyclic amines) is 1. The van der Waals surface area contributed by atoms with Crippen LogP contribution in [-0.2, 0) is 37.3 Å². The van der Waals surface area contributed by atoms with Crippen molar-refractivity contribution in [1.29, 1.82) is 0 Å². The van der Waals surface area contributed by atoms with Crippen molar-refractivity contribution in [1.82, 2.24) is 19.8 Å². The maximum atomic E-state index is 14.2. The molecule has 10 rings (SSSR count). The third-order valence-electron chi connectivity index (χ3n) is 14.1. The molecule has 4 aromatic rings. The highest BCUT2D eigenvalue weighted by Gasteiger charge is 2.62. The minimum atomic E-state index is -0.725. The minimum absolute atomic E-state index is 0.00122. The molecular weight excluding hydrogens is 652 g/mol. The Morgan fingerprint density at radius 3 is 2.60 bits per heavy atom. The summed E-state index contributed by atoms with van der Waals surface area (Å²) in [6, 6.07) is 13.2. The third kappa shape index (κ3) is 4.67. The second-order valence-electron chi connectivity index (χ2n) is 16.3. The van der Waals surface area contributed by atoms with Crippen LogP contribution in [0.2, 0.25) is 0 Å². The number of aromatic amines is 2. The second kappa shape index (κ2) is 12.5. The van der Waals surface area contributed by atoms with Gasteiger partial charge in [-0.25, -0.2) is 0 Å². The van der Waals surface area contributed by atoms with Crippen LogP contribution in [0.5, 0.6) is 5.75 Å². The summed E-state index contributed by atoms with van der Waals surface area (Å²) in [5.41, 5.74) is 8.48. The lowest BCUT2D eigenvalue weighted by Gasteiger charge is -2.57. The maximum Gasteiger partial charge on any atom is 0.319 e. The molecule has 52 heavy (non-hydrogen) atoms. The number of methoxy groups -OCH3 is 3. The maximum absolute atomic E-state index is 14.2. The number of aromatic nitrogens is 2. The van der Waals surface area contributed by atoms with E-state index in [2.05, 4.69) is 83.1 Å². The molecule has 9 heteroatoms. The molecule has 4 fully saturated rings. The van der Waals surface area contributed by atoms with Gasteiger partial charge in [-0.2, -0.15) is 0 Å². The van der Waals surface area contributed by atoms with Gasteiger partial charge < -0.3 is 24.2 Å². The van der Waals surface area contributed by atoms with E-state index in [1.807, 2.05) is 0 Å². The number of carbonyl (C=O) groups excluding carboxylic acids is 2. The van der Waals surface area contributed by atoms with E-state index in [-0.39, 0.29) is 41.8 Å². The summed E-state index contributed by atoms with van der Waals surface area (Å²) >= 11 is 0. The van der Waals surface area contributed by atoms with E-state index in [0.717, 1.165) is 85.2 Å². The first kappa shape index (κ1) is 33.7. The highest BCUT2D eigenvalue weighted by Crippen LogP contribution is 2.56. The van der Waals surface area contributed by atoms with E-state index in [0.29, 0.717) is 11.8 Å². The summed E-state index contributed by atoms with van der Waals surface area (Å²) in [7, 11) is 6.99. The largest absolute Gasteiger partial charge is 0.496 e. The number of piperidine rings is 3. The van der Waals surface area contributed by atoms with Gasteiger partial charge >= 0.3 is 11.9 Å². The van der Waals surface area contributed by atoms with Crippen molar-refractivity contribution in [3.8, 4) is 5.75 Å². The Bertz CT molecular complexity index is 2110. The van der Waals surface area contributed by atoms with E-state index in [9.17, 15) is 9.59 Å². The predicted molar refractivity (Wildman–Crippen MR) is 202 cm³/mol. The molecule has 9 nitrogen and oxygen atoms in total. The number of hydrogen-bond acceptors (Lipinski definition) is 7. The van der Waals surface area contributed by atoms with Gasteiger partial charge in [-0.15, -0.1) is 0 Å². The van der Waals surface area contributed by atoms with Crippen LogP contribution < -0.4 is 4.74 Å². The summed E-state index contributed by atoms with van der Waals surface area (Å²) in [4.78, 5) is 40.8. The van der Waals surface area contributed by atoms with Crippen molar-refractivity contribution >= 4 is 33.7 Å². The van der Waals surface area contributed by atoms with Crippen molar-refractivity contribution < 1.29 is 23.8 Å². The van der Waals surface area contributed by atoms with Gasteiger partial charge in [0.1, 0.15) is 11.2 Å². The molecule has 2 aliphatic carbocycles. The predicted octanol–water partition coefficient (Wildman–Crippen LogP) is 6.49. The molecule has 0 amide bonds. The molecule has 2 aromatic heterocycles. The number of nitrogens with zero attached hydrogens (tertiary/aromatic N) is 2. The van der Waals surface area contributed by atoms with Crippen LogP contribution in [0.3, 0.4) is 0 Å². The molecule has 0 radical (unpaired) electrons. The number of fused-ring (bicyclic) bond motifs is 9. The van der Waals surface area contributed by atoms with Gasteiger partial charge in [-0.3, -0.25) is 19.4 Å². The number of allylic oxidation sites excluding steroid dienone is 1. The third-order valence-corrected chi connectivity index (χ3v) is 14.1. The van der Waals surface area contributed by atoms with Gasteiger partial charge in [0, 0.05) is 76.4 Å². The first-order valence-corrected chi connectivity index (χ1v) is 19.3. The van der Waals surface area contributed by atoms with E-state index in [1.165, 1.54) is 41.3 Å². The molecule has 2 N–H and O–H groups in total. The Kier molecular flexibility index (Phi) is 8.12. The van der Waals surface area contributed by atoms with E-state index < -0.39 is 5.41 Å². The number of benzene rings is 2. The van der Waals surface area contributed by atoms with Crippen LogP contribution in [0.1, 0.15) is 73.5 Å². The number of para-hydroxylation sites is 1. The molecule has 6 aliphatic rings. The fraction of sp³-hybridized carbons (Fsp3) is 0.535. The molecule has 1 saturated carbocycles. The molecular formula is C43H52N4O5. The fourth-order valence-electron chi connectivity index (χ4n) is 12.1. The second-order valence-corrected chi connectivity index (χ2v) is 16.3. The zero-order valence-electron chi connectivity index (χ0n) is 31.4. The Hall–Kier alpha value is -4.08. The molecule has 3 saturated heterocycles. The SMILES string of the molecule is C/C=C1/CN(C)[C@@H]2Cc3c([nH]c4ccccc34)[C@@H](c3cc4[nH]c5c(c4cc3OC)CCN3C[C@H]4C[C@@H](CC)[C@@H]3[C@]5(C(=O)OC)C4)C[C@H]1[C@H]2C(=O)OC. The highest BCUT2D eigenvalue weighted by atomic mass is 16.5. The van der Waals surface area contributed by atoms with Crippen molar-refractivity contribution in [2.45, 2.75) is 75.8 Å². The number of rotatable bonds is 5. The monoisotopic (exact) mass is 704 g/mol. The smallest absolute Gasteiger partial charge is 0.319 e. The van der Waals surface area contributed by atoms with Gasteiger partial charge in [0.05, 0.1) is 27.2 Å². The van der Waals surface area contributed by atoms with Gasteiger partial charge in [-0.05, 0) is 93.2 Å². The van der Waals surface area contributed by atoms with Crippen molar-refractivity contribution in [2.75, 3.05) is 48.0 Å². The average Bonchev–Trinajstić information content (AvgIpc) is 3.69. The summed E-state index contributed by atoms with van der Waals surface area (Å²) in [5, 5.41) is 2.32. The standard InChI is InChI=1S/C43H52N4O5/c1-7-24-15-23-20-43(42(49)52-6)39-27(13-14-47(21-23)40(24)43)29-19-36(50-4)30(17-34(29)45-39)31-16-28-25(8-2)22-46(3)35(37(28)41(48)51-5)18-32-26-11-9-10-12-33(26)44-38(31)32/h8-12,17,19,23-24,28,31,35,37,40,44-45H,7,13-16,18,20-22H2,1-6H3/b25-8-/t23-,24+,28+,31+,35+,37+,40+,43-/m0/s1. The van der Waals surface area contributed by atoms with Crippen LogP contribution in [0.4, 0.5) is 0 Å². The zero-order chi connectivity index (χ0) is 36.1. The number of esters is 2. The molecule has 2 aromatic carbocycles. The lowest BCUT2D eigenvalue weighted by atomic mass is 9.56. The Labute approximate surface area is 306 Å². The van der Waals surface area contributed by atoms with Crippen LogP contribution >= 0.6 is 0 Å². The number of H-pyrrole nitrogens is 2. The topological polar surface area (TPSA) is 99.9 Å². The number of ether oxygens (including phenoxy) is 3. The number of carbonyl (C=O) groups is 2. The Balaban J connectivity index is 1.27. The summed E-state index contributed by atoms with van der Waals surface area (Å²) in [6.07, 6.45) is 7.59. The normalized spacial score (nSPS) is 33.2. The average molecular weight is 705 g/mol. The van der Waals surface area contributed by atoms with E-state index in [4.69, 9.17) is 14.2 Å². The van der Waals surface area contributed by atoms with Gasteiger partial charge in [-0.1, -0.05) is 43.2 Å². The summed E-state index contributed by atoms with van der Waals surface area (Å²) < 4.78 is 17.6. The zero-order valence-corrected chi connectivity index (χ0v) is 31.4. The molecule has 274 valence electrons. The van der Waals surface area contributed by atoms with E-state index >= 15 is 0 Å². The van der Waals surface area contributed by atoms with E-state index in [1.54, 1.807) is 14.2 Å². The van der Waals surface area contributed by atoms with Crippen molar-refractivity contribution in [3.05, 3.63) is 76.1 Å². The van der Waals surface area contributed by atoms with Gasteiger partial charge in [0.15, 0.2) is 0 Å². The van der Waals surface area contributed by atoms with Crippen molar-refractivity contribution in [3.63, 3.8) is 0 Å². The minimum Gasteiger partial charge on any atom is -0.496 e. The van der Waals surface area contributed by atoms with Crippen LogP contribution in [-0.4, -0.2) is 91.8 Å². The number of hydrogen-bond donors (Lipinski definition) is 2. The Morgan fingerprint density at radius 1 is 1.02 bits per heavy atom. The summed E-state index contributed by atoms with van der Waals surface area (Å²) in [6.45, 7) is 7.17. The Morgan fingerprint density at radius 2 is 1.85 bits per heavy atom. The van der Waals surface area contributed by atoms with Crippen LogP contribution in [0, 0.1) is 23.7 Å². The fourth-order valence-corrected chi connectivity index (χ4v) is 12.1. The van der Waals surface area contributed by atoms with Crippen LogP contribution in [0.25, 0.3) is 21.8 Å². The lowest BCUT2D eigenvalue weighted by molar-refractivity contribution is -0.162. The molecule has 1 unspecified atom stereocenters. The van der Waals surface area contributed by atoms with Crippen molar-refractivity contribution in [2.24, 2.45) is 23.7 Å². The van der Waals surface area contributed by atoms with Crippen LogP contribution in [0.15, 0.2) is 48.0 Å². The quantitative estimate of drug-likeness (QED) is 0.181. The number of nitrogens with one attached hydrogen (secondary N) is 2. The molecule has 6 heterocycles. The molecule has 4 aliphatic heterocycles. The lowest BCUT2D eigenvalue weighted by Crippen LogP contribution is -2.67. The number of likely N-dealkylation sites (N-methyl/N-ethyl adjacent to an activating group) is 1. The summed E-state index contributed by atoms with van der Waals surface area (Å²) in [5.74, 6) is 1.11. The molecule has 0 spiro atoms. The first-order valence-electron chi connectivity index (χ1n) is 19.3. The van der Waals surface area contributed by atoms with Gasteiger partial charge in [0.25, 0.3) is 0 Å². The van der Waals surface area contributed by atoms with Gasteiger partial charge in [0.2, 0.25) is 0 Å².